The molecule has 0 spiro atoms. The fourth-order valence-corrected chi connectivity index (χ4v) is 8.10. The Morgan fingerprint density at radius 2 is 1.58 bits per heavy atom. The smallest absolute Gasteiger partial charge is 0.355 e. The second-order valence-electron chi connectivity index (χ2n) is 13.5. The Hall–Kier alpha value is -5.72. The van der Waals surface area contributed by atoms with Gasteiger partial charge in [0, 0.05) is 40.8 Å². The van der Waals surface area contributed by atoms with Crippen LogP contribution in [0, 0.1) is 0 Å². The molecule has 0 fully saturated rings. The molecule has 57 heavy (non-hydrogen) atoms. The van der Waals surface area contributed by atoms with Crippen molar-refractivity contribution in [2.24, 2.45) is 7.05 Å². The maximum atomic E-state index is 14.0. The predicted molar refractivity (Wildman–Crippen MR) is 227 cm³/mol. The van der Waals surface area contributed by atoms with Crippen molar-refractivity contribution in [2.75, 3.05) is 33.9 Å². The highest BCUT2D eigenvalue weighted by atomic mass is 79.9. The van der Waals surface area contributed by atoms with Crippen LogP contribution in [0.15, 0.2) is 97.3 Å². The molecule has 0 amide bonds. The number of methoxy groups -OCH3 is 1. The molecular weight excluding hydrogens is 784 g/mol. The zero-order valence-corrected chi connectivity index (χ0v) is 34.3. The Balaban J connectivity index is 1.25. The maximum absolute atomic E-state index is 14.0. The van der Waals surface area contributed by atoms with Gasteiger partial charge in [-0.2, -0.15) is 5.10 Å². The molecule has 294 valence electrons. The summed E-state index contributed by atoms with van der Waals surface area (Å²) in [5.74, 6) is 2.26. The van der Waals surface area contributed by atoms with E-state index in [9.17, 15) is 4.79 Å². The second kappa shape index (κ2) is 18.5. The number of hydrogen-bond donors (Lipinski definition) is 1. The van der Waals surface area contributed by atoms with Crippen molar-refractivity contribution in [3.63, 3.8) is 0 Å². The van der Waals surface area contributed by atoms with Crippen LogP contribution in [0.3, 0.4) is 0 Å². The van der Waals surface area contributed by atoms with Gasteiger partial charge in [0.25, 0.3) is 0 Å². The fraction of sp³-hybridized carbons (Fsp3) is 0.289. The molecule has 11 nitrogen and oxygen atoms in total. The van der Waals surface area contributed by atoms with Crippen LogP contribution < -0.4 is 19.5 Å². The van der Waals surface area contributed by atoms with Crippen LogP contribution in [0.4, 0.5) is 0 Å². The van der Waals surface area contributed by atoms with Gasteiger partial charge in [0.05, 0.1) is 49.5 Å². The number of rotatable bonds is 18. The second-order valence-corrected chi connectivity index (χ2v) is 14.1. The molecule has 7 rings (SSSR count). The van der Waals surface area contributed by atoms with Gasteiger partial charge < -0.3 is 28.8 Å². The van der Waals surface area contributed by atoms with Crippen molar-refractivity contribution in [3.05, 3.63) is 120 Å². The Morgan fingerprint density at radius 3 is 2.37 bits per heavy atom. The van der Waals surface area contributed by atoms with E-state index in [1.54, 1.807) is 19.5 Å². The van der Waals surface area contributed by atoms with Gasteiger partial charge >= 0.3 is 5.97 Å². The van der Waals surface area contributed by atoms with Gasteiger partial charge in [0.15, 0.2) is 11.6 Å². The lowest BCUT2D eigenvalue weighted by molar-refractivity contribution is 0.0512. The minimum atomic E-state index is -0.332. The molecule has 0 aliphatic heterocycles. The first kappa shape index (κ1) is 39.5. The number of carbonyl (C=O) groups excluding carboxylic acids is 1. The van der Waals surface area contributed by atoms with Crippen molar-refractivity contribution < 1.29 is 23.7 Å². The lowest BCUT2D eigenvalue weighted by Gasteiger charge is -2.14. The van der Waals surface area contributed by atoms with E-state index >= 15 is 0 Å². The standard InChI is InChI=1S/C45H47BrN6O5/c1-5-55-45(53)43-34(20-12-25-56-40-22-10-15-30-14-6-7-16-32(30)40)33-18-11-19-36(42(33)52(43)24-13-23-47-2)41-37(50-51(3)38(41)26-46)29-57-31-27-48-44(49-28-31)35-17-8-9-21-39(35)54-4/h6-11,14-19,21-22,27-28,47H,5,12-13,20,23-26,29H2,1-4H3. The number of aryl methyl sites for hydroxylation is 3. The van der Waals surface area contributed by atoms with Gasteiger partial charge in [-0.25, -0.2) is 14.8 Å². The molecule has 3 aromatic heterocycles. The number of para-hydroxylation sites is 2. The number of esters is 1. The summed E-state index contributed by atoms with van der Waals surface area (Å²) in [5.41, 5.74) is 6.92. The molecule has 0 unspecified atom stereocenters. The number of nitrogens with one attached hydrogen (secondary N) is 1. The van der Waals surface area contributed by atoms with Gasteiger partial charge in [-0.3, -0.25) is 4.68 Å². The van der Waals surface area contributed by atoms with Crippen molar-refractivity contribution in [1.82, 2.24) is 29.6 Å². The van der Waals surface area contributed by atoms with Gasteiger partial charge in [0.1, 0.15) is 29.5 Å². The molecule has 3 heterocycles. The van der Waals surface area contributed by atoms with Crippen LogP contribution in [-0.4, -0.2) is 64.2 Å². The largest absolute Gasteiger partial charge is 0.496 e. The SMILES string of the molecule is CCOC(=O)c1c(CCCOc2cccc3ccccc23)c2cccc(-c3c(COc4cnc(-c5ccccc5OC)nc4)nn(C)c3CBr)c2n1CCCNC. The number of nitrogens with zero attached hydrogens (tertiary/aromatic N) is 5. The average Bonchev–Trinajstić information content (AvgIpc) is 3.74. The number of carbonyl (C=O) groups is 1. The molecule has 1 N–H and O–H groups in total. The third-order valence-corrected chi connectivity index (χ3v) is 10.6. The summed E-state index contributed by atoms with van der Waals surface area (Å²) in [5, 5.41) is 12.0. The quantitative estimate of drug-likeness (QED) is 0.0515. The van der Waals surface area contributed by atoms with E-state index < -0.39 is 0 Å². The van der Waals surface area contributed by atoms with E-state index in [1.165, 1.54) is 0 Å². The molecule has 0 aliphatic rings. The molecule has 7 aromatic rings. The number of ether oxygens (including phenoxy) is 4. The normalized spacial score (nSPS) is 11.3. The Morgan fingerprint density at radius 1 is 0.860 bits per heavy atom. The first-order valence-electron chi connectivity index (χ1n) is 19.2. The molecule has 0 bridgehead atoms. The molecule has 4 aromatic carbocycles. The molecule has 0 radical (unpaired) electrons. The molecule has 0 saturated heterocycles. The maximum Gasteiger partial charge on any atom is 0.355 e. The van der Waals surface area contributed by atoms with Crippen molar-refractivity contribution in [1.29, 1.82) is 0 Å². The van der Waals surface area contributed by atoms with Crippen molar-refractivity contribution in [3.8, 4) is 39.8 Å². The van der Waals surface area contributed by atoms with E-state index in [1.807, 2.05) is 74.2 Å². The van der Waals surface area contributed by atoms with Crippen LogP contribution in [-0.2, 0) is 36.7 Å². The van der Waals surface area contributed by atoms with Crippen LogP contribution >= 0.6 is 15.9 Å². The number of halogens is 1. The number of benzene rings is 4. The lowest BCUT2D eigenvalue weighted by atomic mass is 9.98. The van der Waals surface area contributed by atoms with Crippen LogP contribution in [0.2, 0.25) is 0 Å². The lowest BCUT2D eigenvalue weighted by Crippen LogP contribution is -2.17. The highest BCUT2D eigenvalue weighted by Crippen LogP contribution is 2.40. The van der Waals surface area contributed by atoms with E-state index in [4.69, 9.17) is 24.0 Å². The zero-order valence-electron chi connectivity index (χ0n) is 32.8. The van der Waals surface area contributed by atoms with Gasteiger partial charge in [-0.1, -0.05) is 82.7 Å². The first-order chi connectivity index (χ1) is 28.0. The Labute approximate surface area is 341 Å². The zero-order chi connectivity index (χ0) is 39.7. The summed E-state index contributed by atoms with van der Waals surface area (Å²) in [6.07, 6.45) is 5.46. The predicted octanol–water partition coefficient (Wildman–Crippen LogP) is 8.93. The Kier molecular flexibility index (Phi) is 12.8. The highest BCUT2D eigenvalue weighted by molar-refractivity contribution is 9.08. The summed E-state index contributed by atoms with van der Waals surface area (Å²) in [7, 11) is 5.50. The van der Waals surface area contributed by atoms with Crippen molar-refractivity contribution >= 4 is 43.6 Å². The van der Waals surface area contributed by atoms with E-state index in [-0.39, 0.29) is 19.2 Å². The molecular formula is C45H47BrN6O5. The first-order valence-corrected chi connectivity index (χ1v) is 20.3. The van der Waals surface area contributed by atoms with Gasteiger partial charge in [0.2, 0.25) is 0 Å². The highest BCUT2D eigenvalue weighted by Gasteiger charge is 2.28. The minimum absolute atomic E-state index is 0.174. The molecule has 12 heteroatoms. The van der Waals surface area contributed by atoms with Crippen LogP contribution in [0.5, 0.6) is 17.2 Å². The number of aromatic nitrogens is 5. The monoisotopic (exact) mass is 830 g/mol. The number of alkyl halides is 1. The summed E-state index contributed by atoms with van der Waals surface area (Å²) in [4.78, 5) is 23.1. The van der Waals surface area contributed by atoms with E-state index in [2.05, 4.69) is 72.2 Å². The van der Waals surface area contributed by atoms with Crippen LogP contribution in [0.1, 0.15) is 47.2 Å². The molecule has 0 atom stereocenters. The average molecular weight is 832 g/mol. The third kappa shape index (κ3) is 8.38. The summed E-state index contributed by atoms with van der Waals surface area (Å²) >= 11 is 3.75. The Bertz CT molecular complexity index is 2470. The van der Waals surface area contributed by atoms with Crippen LogP contribution in [0.25, 0.3) is 44.2 Å². The fourth-order valence-electron chi connectivity index (χ4n) is 7.45. The van der Waals surface area contributed by atoms with Gasteiger partial charge in [-0.15, -0.1) is 0 Å². The minimum Gasteiger partial charge on any atom is -0.496 e. The third-order valence-electron chi connectivity index (χ3n) is 10.0. The van der Waals surface area contributed by atoms with E-state index in [0.29, 0.717) is 54.3 Å². The summed E-state index contributed by atoms with van der Waals surface area (Å²) < 4.78 is 28.0. The van der Waals surface area contributed by atoms with Crippen molar-refractivity contribution in [2.45, 2.75) is 44.7 Å². The van der Waals surface area contributed by atoms with Gasteiger partial charge in [-0.05, 0) is 68.9 Å². The topological polar surface area (TPSA) is 115 Å². The number of hydrogen-bond acceptors (Lipinski definition) is 9. The summed E-state index contributed by atoms with van der Waals surface area (Å²) in [6, 6.07) is 28.2. The molecule has 0 saturated carbocycles. The van der Waals surface area contributed by atoms with E-state index in [0.717, 1.165) is 74.0 Å². The summed E-state index contributed by atoms with van der Waals surface area (Å²) in [6.45, 7) is 4.18. The molecule has 0 aliphatic carbocycles. The number of fused-ring (bicyclic) bond motifs is 2.